The summed E-state index contributed by atoms with van der Waals surface area (Å²) in [6.07, 6.45) is 0. The molecule has 0 heterocycles. The highest BCUT2D eigenvalue weighted by Gasteiger charge is 2.09. The first-order chi connectivity index (χ1) is 5.79. The minimum Gasteiger partial charge on any atom is -0.343 e. The third kappa shape index (κ3) is 1.93. The van der Waals surface area contributed by atoms with E-state index in [2.05, 4.69) is 16.9 Å². The third-order valence-electron chi connectivity index (χ3n) is 1.48. The second-order valence-electron chi connectivity index (χ2n) is 2.18. The second-order valence-corrected chi connectivity index (χ2v) is 2.65. The molecule has 0 radical (unpaired) electrons. The molecule has 1 rings (SSSR count). The SMILES string of the molecule is O=C(OCl)c1ccccc1CS. The fourth-order valence-electron chi connectivity index (χ4n) is 0.899. The summed E-state index contributed by atoms with van der Waals surface area (Å²) in [5.74, 6) is -0.0522. The molecule has 1 aromatic rings. The molecule has 0 saturated carbocycles. The van der Waals surface area contributed by atoms with Crippen LogP contribution >= 0.6 is 24.5 Å². The summed E-state index contributed by atoms with van der Waals surface area (Å²) >= 11 is 9.00. The van der Waals surface area contributed by atoms with E-state index < -0.39 is 5.97 Å². The van der Waals surface area contributed by atoms with Crippen molar-refractivity contribution in [2.45, 2.75) is 5.75 Å². The van der Waals surface area contributed by atoms with E-state index in [0.717, 1.165) is 5.56 Å². The number of rotatable bonds is 2. The molecule has 0 bridgehead atoms. The zero-order valence-corrected chi connectivity index (χ0v) is 7.81. The molecule has 0 spiro atoms. The van der Waals surface area contributed by atoms with Gasteiger partial charge in [-0.15, -0.1) is 0 Å². The molecule has 0 aromatic heterocycles. The highest BCUT2D eigenvalue weighted by molar-refractivity contribution is 7.79. The van der Waals surface area contributed by atoms with Crippen LogP contribution < -0.4 is 0 Å². The Morgan fingerprint density at radius 2 is 2.17 bits per heavy atom. The lowest BCUT2D eigenvalue weighted by Gasteiger charge is -2.01. The van der Waals surface area contributed by atoms with Crippen molar-refractivity contribution in [1.29, 1.82) is 0 Å². The molecule has 0 aliphatic carbocycles. The average Bonchev–Trinajstić information content (AvgIpc) is 2.16. The minimum absolute atomic E-state index is 0.461. The van der Waals surface area contributed by atoms with Crippen molar-refractivity contribution in [2.24, 2.45) is 0 Å². The van der Waals surface area contributed by atoms with Crippen molar-refractivity contribution in [3.8, 4) is 0 Å². The highest BCUT2D eigenvalue weighted by Crippen LogP contribution is 2.12. The van der Waals surface area contributed by atoms with Crippen molar-refractivity contribution in [1.82, 2.24) is 0 Å². The van der Waals surface area contributed by atoms with Gasteiger partial charge in [0.2, 0.25) is 0 Å². The molecule has 64 valence electrons. The number of halogens is 1. The van der Waals surface area contributed by atoms with Crippen molar-refractivity contribution < 1.29 is 9.08 Å². The maximum atomic E-state index is 11.0. The molecule has 4 heteroatoms. The van der Waals surface area contributed by atoms with Crippen LogP contribution in [0.1, 0.15) is 15.9 Å². The van der Waals surface area contributed by atoms with Crippen molar-refractivity contribution in [2.75, 3.05) is 0 Å². The Kier molecular flexibility index (Phi) is 3.44. The van der Waals surface area contributed by atoms with E-state index in [0.29, 0.717) is 11.3 Å². The Bertz CT molecular complexity index is 288. The maximum Gasteiger partial charge on any atom is 0.356 e. The van der Waals surface area contributed by atoms with Crippen LogP contribution in [0.15, 0.2) is 24.3 Å². The molecular formula is C8H7ClO2S. The smallest absolute Gasteiger partial charge is 0.343 e. The number of carbonyl (C=O) groups is 1. The van der Waals surface area contributed by atoms with Gasteiger partial charge < -0.3 is 4.29 Å². The summed E-state index contributed by atoms with van der Waals surface area (Å²) in [6.45, 7) is 0. The van der Waals surface area contributed by atoms with E-state index >= 15 is 0 Å². The molecule has 0 N–H and O–H groups in total. The van der Waals surface area contributed by atoms with E-state index in [1.165, 1.54) is 0 Å². The van der Waals surface area contributed by atoms with Gasteiger partial charge in [0.1, 0.15) is 11.9 Å². The van der Waals surface area contributed by atoms with Gasteiger partial charge in [-0.1, -0.05) is 18.2 Å². The van der Waals surface area contributed by atoms with Gasteiger partial charge in [0, 0.05) is 5.75 Å². The molecule has 0 unspecified atom stereocenters. The van der Waals surface area contributed by atoms with Crippen molar-refractivity contribution >= 4 is 30.5 Å². The van der Waals surface area contributed by atoms with Gasteiger partial charge >= 0.3 is 5.97 Å². The van der Waals surface area contributed by atoms with Crippen LogP contribution in [0.3, 0.4) is 0 Å². The molecule has 0 saturated heterocycles. The maximum absolute atomic E-state index is 11.0. The van der Waals surface area contributed by atoms with Crippen LogP contribution in [0.5, 0.6) is 0 Å². The minimum atomic E-state index is -0.540. The van der Waals surface area contributed by atoms with Crippen molar-refractivity contribution in [3.05, 3.63) is 35.4 Å². The Labute approximate surface area is 81.1 Å². The first kappa shape index (κ1) is 9.42. The molecule has 0 aliphatic rings. The molecule has 1 aromatic carbocycles. The third-order valence-corrected chi connectivity index (χ3v) is 1.96. The Hall–Kier alpha value is -0.670. The largest absolute Gasteiger partial charge is 0.356 e. The molecule has 12 heavy (non-hydrogen) atoms. The summed E-state index contributed by atoms with van der Waals surface area (Å²) in [5, 5.41) is 0. The lowest BCUT2D eigenvalue weighted by molar-refractivity contribution is 0.0750. The molecule has 0 aliphatic heterocycles. The zero-order chi connectivity index (χ0) is 8.97. The average molecular weight is 203 g/mol. The number of hydrogen-bond acceptors (Lipinski definition) is 3. The monoisotopic (exact) mass is 202 g/mol. The predicted molar refractivity (Wildman–Crippen MR) is 50.4 cm³/mol. The van der Waals surface area contributed by atoms with Crippen LogP contribution in [0.25, 0.3) is 0 Å². The van der Waals surface area contributed by atoms with Crippen LogP contribution in [-0.2, 0) is 10.0 Å². The van der Waals surface area contributed by atoms with E-state index in [9.17, 15) is 4.79 Å². The standard InChI is InChI=1S/C8H7ClO2S/c9-11-8(10)7-4-2-1-3-6(7)5-12/h1-4,12H,5H2. The normalized spacial score (nSPS) is 9.50. The first-order valence-electron chi connectivity index (χ1n) is 3.31. The van der Waals surface area contributed by atoms with Crippen LogP contribution in [0.2, 0.25) is 0 Å². The zero-order valence-electron chi connectivity index (χ0n) is 6.16. The van der Waals surface area contributed by atoms with E-state index in [-0.39, 0.29) is 0 Å². The van der Waals surface area contributed by atoms with Crippen LogP contribution in [0.4, 0.5) is 0 Å². The summed E-state index contributed by atoms with van der Waals surface area (Å²) in [7, 11) is 0. The number of benzene rings is 1. The van der Waals surface area contributed by atoms with E-state index in [1.54, 1.807) is 18.2 Å². The molecule has 0 atom stereocenters. The van der Waals surface area contributed by atoms with Gasteiger partial charge in [0.05, 0.1) is 5.56 Å². The van der Waals surface area contributed by atoms with E-state index in [1.807, 2.05) is 6.07 Å². The van der Waals surface area contributed by atoms with Gasteiger partial charge in [-0.3, -0.25) is 0 Å². The van der Waals surface area contributed by atoms with Gasteiger partial charge in [-0.2, -0.15) is 12.6 Å². The lowest BCUT2D eigenvalue weighted by atomic mass is 10.1. The molecular weight excluding hydrogens is 196 g/mol. The van der Waals surface area contributed by atoms with Gasteiger partial charge in [0.25, 0.3) is 0 Å². The Morgan fingerprint density at radius 3 is 2.75 bits per heavy atom. The Morgan fingerprint density at radius 1 is 1.50 bits per heavy atom. The van der Waals surface area contributed by atoms with Crippen LogP contribution in [-0.4, -0.2) is 5.97 Å². The summed E-state index contributed by atoms with van der Waals surface area (Å²) in [6, 6.07) is 7.03. The quantitative estimate of drug-likeness (QED) is 0.746. The lowest BCUT2D eigenvalue weighted by Crippen LogP contribution is -2.01. The number of carbonyl (C=O) groups excluding carboxylic acids is 1. The number of thiol groups is 1. The molecule has 0 amide bonds. The molecule has 2 nitrogen and oxygen atoms in total. The first-order valence-corrected chi connectivity index (χ1v) is 4.25. The summed E-state index contributed by atoms with van der Waals surface area (Å²) < 4.78 is 4.08. The van der Waals surface area contributed by atoms with E-state index in [4.69, 9.17) is 11.9 Å². The topological polar surface area (TPSA) is 26.3 Å². The summed E-state index contributed by atoms with van der Waals surface area (Å²) in [4.78, 5) is 11.0. The molecule has 0 fully saturated rings. The second kappa shape index (κ2) is 4.38. The predicted octanol–water partition coefficient (Wildman–Crippen LogP) is 2.43. The highest BCUT2D eigenvalue weighted by atomic mass is 35.5. The van der Waals surface area contributed by atoms with Gasteiger partial charge in [-0.25, -0.2) is 4.79 Å². The fraction of sp³-hybridized carbons (Fsp3) is 0.125. The van der Waals surface area contributed by atoms with Gasteiger partial charge in [-0.05, 0) is 11.6 Å². The van der Waals surface area contributed by atoms with Crippen LogP contribution in [0, 0.1) is 0 Å². The number of hydrogen-bond donors (Lipinski definition) is 1. The summed E-state index contributed by atoms with van der Waals surface area (Å²) in [5.41, 5.74) is 1.27. The fourth-order valence-corrected chi connectivity index (χ4v) is 1.26. The van der Waals surface area contributed by atoms with Crippen molar-refractivity contribution in [3.63, 3.8) is 0 Å². The Balaban J connectivity index is 3.04. The van der Waals surface area contributed by atoms with Gasteiger partial charge in [0.15, 0.2) is 0 Å².